The van der Waals surface area contributed by atoms with Gasteiger partial charge in [0.2, 0.25) is 5.91 Å². The number of nitrogens with two attached hydrogens (primary N) is 1. The summed E-state index contributed by atoms with van der Waals surface area (Å²) in [6.45, 7) is 1.92. The Morgan fingerprint density at radius 2 is 2.35 bits per heavy atom. The van der Waals surface area contributed by atoms with Gasteiger partial charge in [-0.05, 0) is 24.6 Å². The van der Waals surface area contributed by atoms with Crippen molar-refractivity contribution < 1.29 is 9.18 Å². The molecule has 1 atom stereocenters. The number of rotatable bonds is 4. The molecule has 4 nitrogen and oxygen atoms in total. The number of amides is 1. The summed E-state index contributed by atoms with van der Waals surface area (Å²) in [7, 11) is 0. The van der Waals surface area contributed by atoms with Crippen LogP contribution in [0.4, 0.5) is 10.1 Å². The zero-order valence-corrected chi connectivity index (χ0v) is 9.53. The molecule has 5 heteroatoms. The fourth-order valence-corrected chi connectivity index (χ4v) is 1.39. The SMILES string of the molecule is CCC[C@H](N)C(=O)Nc1ccc(F)cc1C#N. The highest BCUT2D eigenvalue weighted by Crippen LogP contribution is 2.16. The van der Waals surface area contributed by atoms with E-state index in [0.29, 0.717) is 6.42 Å². The van der Waals surface area contributed by atoms with Crippen LogP contribution in [-0.2, 0) is 4.79 Å². The van der Waals surface area contributed by atoms with E-state index in [1.807, 2.05) is 13.0 Å². The lowest BCUT2D eigenvalue weighted by Crippen LogP contribution is -2.35. The Morgan fingerprint density at radius 1 is 1.65 bits per heavy atom. The predicted octanol–water partition coefficient (Wildman–Crippen LogP) is 1.76. The van der Waals surface area contributed by atoms with Gasteiger partial charge in [0.25, 0.3) is 0 Å². The lowest BCUT2D eigenvalue weighted by atomic mass is 10.1. The molecule has 0 saturated carbocycles. The van der Waals surface area contributed by atoms with E-state index in [1.54, 1.807) is 0 Å². The highest BCUT2D eigenvalue weighted by atomic mass is 19.1. The summed E-state index contributed by atoms with van der Waals surface area (Å²) in [4.78, 5) is 11.6. The van der Waals surface area contributed by atoms with E-state index < -0.39 is 11.9 Å². The molecule has 0 aromatic heterocycles. The molecule has 0 radical (unpaired) electrons. The predicted molar refractivity (Wildman–Crippen MR) is 62.6 cm³/mol. The summed E-state index contributed by atoms with van der Waals surface area (Å²) in [5, 5.41) is 11.3. The molecule has 0 unspecified atom stereocenters. The first-order valence-electron chi connectivity index (χ1n) is 5.34. The lowest BCUT2D eigenvalue weighted by Gasteiger charge is -2.12. The molecule has 1 amide bonds. The van der Waals surface area contributed by atoms with Crippen LogP contribution < -0.4 is 11.1 Å². The lowest BCUT2D eigenvalue weighted by molar-refractivity contribution is -0.117. The fraction of sp³-hybridized carbons (Fsp3) is 0.333. The van der Waals surface area contributed by atoms with E-state index >= 15 is 0 Å². The van der Waals surface area contributed by atoms with E-state index in [2.05, 4.69) is 5.32 Å². The minimum absolute atomic E-state index is 0.0852. The van der Waals surface area contributed by atoms with E-state index in [1.165, 1.54) is 12.1 Å². The number of carbonyl (C=O) groups is 1. The molecule has 0 fully saturated rings. The Kier molecular flexibility index (Phi) is 4.61. The van der Waals surface area contributed by atoms with Crippen LogP contribution in [0.15, 0.2) is 18.2 Å². The van der Waals surface area contributed by atoms with Crippen LogP contribution in [-0.4, -0.2) is 11.9 Å². The highest BCUT2D eigenvalue weighted by Gasteiger charge is 2.14. The molecule has 1 aromatic rings. The van der Waals surface area contributed by atoms with Gasteiger partial charge in [0.1, 0.15) is 11.9 Å². The van der Waals surface area contributed by atoms with Gasteiger partial charge in [-0.25, -0.2) is 4.39 Å². The third kappa shape index (κ3) is 3.54. The standard InChI is InChI=1S/C12H14FN3O/c1-2-3-10(15)12(17)16-11-5-4-9(13)6-8(11)7-14/h4-6,10H,2-3,15H2,1H3,(H,16,17)/t10-/m0/s1. The van der Waals surface area contributed by atoms with Gasteiger partial charge < -0.3 is 11.1 Å². The highest BCUT2D eigenvalue weighted by molar-refractivity contribution is 5.95. The maximum absolute atomic E-state index is 12.9. The van der Waals surface area contributed by atoms with Crippen molar-refractivity contribution in [3.8, 4) is 6.07 Å². The summed E-state index contributed by atoms with van der Waals surface area (Å²) < 4.78 is 12.9. The van der Waals surface area contributed by atoms with E-state index in [0.717, 1.165) is 12.5 Å². The van der Waals surface area contributed by atoms with Crippen LogP contribution in [0, 0.1) is 17.1 Å². The fourth-order valence-electron chi connectivity index (χ4n) is 1.39. The third-order valence-corrected chi connectivity index (χ3v) is 2.30. The summed E-state index contributed by atoms with van der Waals surface area (Å²) in [6.07, 6.45) is 1.36. The van der Waals surface area contributed by atoms with Crippen molar-refractivity contribution in [1.29, 1.82) is 5.26 Å². The molecule has 0 aliphatic heterocycles. The minimum atomic E-state index is -0.614. The van der Waals surface area contributed by atoms with Gasteiger partial charge >= 0.3 is 0 Å². The maximum atomic E-state index is 12.9. The van der Waals surface area contributed by atoms with Crippen LogP contribution in [0.5, 0.6) is 0 Å². The van der Waals surface area contributed by atoms with Crippen molar-refractivity contribution in [3.63, 3.8) is 0 Å². The topological polar surface area (TPSA) is 78.9 Å². The van der Waals surface area contributed by atoms with Crippen LogP contribution >= 0.6 is 0 Å². The van der Waals surface area contributed by atoms with Crippen molar-refractivity contribution in [1.82, 2.24) is 0 Å². The second-order valence-corrected chi connectivity index (χ2v) is 3.69. The number of nitrogens with zero attached hydrogens (tertiary/aromatic N) is 1. The number of carbonyl (C=O) groups excluding carboxylic acids is 1. The minimum Gasteiger partial charge on any atom is -0.324 e. The molecule has 0 saturated heterocycles. The largest absolute Gasteiger partial charge is 0.324 e. The number of benzene rings is 1. The average molecular weight is 235 g/mol. The van der Waals surface area contributed by atoms with E-state index in [-0.39, 0.29) is 17.2 Å². The number of anilines is 1. The summed E-state index contributed by atoms with van der Waals surface area (Å²) in [6, 6.07) is 4.81. The number of hydrogen-bond donors (Lipinski definition) is 2. The molecule has 3 N–H and O–H groups in total. The number of nitriles is 1. The van der Waals surface area contributed by atoms with E-state index in [4.69, 9.17) is 11.0 Å². The Labute approximate surface area is 99.2 Å². The Morgan fingerprint density at radius 3 is 2.94 bits per heavy atom. The first-order valence-corrected chi connectivity index (χ1v) is 5.34. The Bertz CT molecular complexity index is 454. The summed E-state index contributed by atoms with van der Waals surface area (Å²) in [5.41, 5.74) is 6.00. The van der Waals surface area contributed by atoms with Crippen LogP contribution in [0.25, 0.3) is 0 Å². The average Bonchev–Trinajstić information content (AvgIpc) is 2.31. The molecule has 0 heterocycles. The van der Waals surface area contributed by atoms with Gasteiger partial charge in [-0.15, -0.1) is 0 Å². The summed E-state index contributed by atoms with van der Waals surface area (Å²) >= 11 is 0. The maximum Gasteiger partial charge on any atom is 0.241 e. The van der Waals surface area contributed by atoms with Crippen LogP contribution in [0.2, 0.25) is 0 Å². The zero-order chi connectivity index (χ0) is 12.8. The van der Waals surface area contributed by atoms with Crippen LogP contribution in [0.3, 0.4) is 0 Å². The van der Waals surface area contributed by atoms with Gasteiger partial charge in [-0.1, -0.05) is 13.3 Å². The van der Waals surface area contributed by atoms with E-state index in [9.17, 15) is 9.18 Å². The Balaban J connectivity index is 2.82. The molecule has 1 rings (SSSR count). The van der Waals surface area contributed by atoms with Crippen LogP contribution in [0.1, 0.15) is 25.3 Å². The number of hydrogen-bond acceptors (Lipinski definition) is 3. The number of halogens is 1. The van der Waals surface area contributed by atoms with Gasteiger partial charge in [0.15, 0.2) is 0 Å². The van der Waals surface area contributed by atoms with Gasteiger partial charge in [-0.2, -0.15) is 5.26 Å². The van der Waals surface area contributed by atoms with Crippen molar-refractivity contribution >= 4 is 11.6 Å². The third-order valence-electron chi connectivity index (χ3n) is 2.30. The van der Waals surface area contributed by atoms with Crippen molar-refractivity contribution in [2.45, 2.75) is 25.8 Å². The van der Waals surface area contributed by atoms with Gasteiger partial charge in [0, 0.05) is 0 Å². The quantitative estimate of drug-likeness (QED) is 0.834. The molecule has 90 valence electrons. The molecular formula is C12H14FN3O. The van der Waals surface area contributed by atoms with Crippen molar-refractivity contribution in [2.75, 3.05) is 5.32 Å². The smallest absolute Gasteiger partial charge is 0.241 e. The zero-order valence-electron chi connectivity index (χ0n) is 9.53. The molecule has 17 heavy (non-hydrogen) atoms. The first-order chi connectivity index (χ1) is 8.08. The first kappa shape index (κ1) is 13.1. The molecule has 0 bridgehead atoms. The molecule has 0 aliphatic rings. The van der Waals surface area contributed by atoms with Gasteiger partial charge in [0.05, 0.1) is 17.3 Å². The Hall–Kier alpha value is -1.93. The van der Waals surface area contributed by atoms with Crippen molar-refractivity contribution in [2.24, 2.45) is 5.73 Å². The molecule has 1 aromatic carbocycles. The second kappa shape index (κ2) is 5.97. The normalized spacial score (nSPS) is 11.6. The van der Waals surface area contributed by atoms with Crippen molar-refractivity contribution in [3.05, 3.63) is 29.6 Å². The molecule has 0 spiro atoms. The second-order valence-electron chi connectivity index (χ2n) is 3.69. The summed E-state index contributed by atoms with van der Waals surface area (Å²) in [5.74, 6) is -0.882. The molecule has 0 aliphatic carbocycles. The number of nitrogens with one attached hydrogen (secondary N) is 1. The van der Waals surface area contributed by atoms with Gasteiger partial charge in [-0.3, -0.25) is 4.79 Å². The molecular weight excluding hydrogens is 221 g/mol. The monoisotopic (exact) mass is 235 g/mol.